The fourth-order valence-corrected chi connectivity index (χ4v) is 3.00. The van der Waals surface area contributed by atoms with Crippen LogP contribution < -0.4 is 4.74 Å². The molecule has 0 unspecified atom stereocenters. The number of carboxylic acid groups (broad SMARTS) is 1. The summed E-state index contributed by atoms with van der Waals surface area (Å²) in [6.45, 7) is 0.329. The van der Waals surface area contributed by atoms with Crippen molar-refractivity contribution in [1.29, 1.82) is 0 Å². The summed E-state index contributed by atoms with van der Waals surface area (Å²) in [6.07, 6.45) is 3.31. The van der Waals surface area contributed by atoms with Gasteiger partial charge >= 0.3 is 5.97 Å². The molecule has 0 spiro atoms. The van der Waals surface area contributed by atoms with Gasteiger partial charge < -0.3 is 9.84 Å². The number of rotatable bonds is 4. The Hall–Kier alpha value is -2.40. The van der Waals surface area contributed by atoms with Gasteiger partial charge in [0.05, 0.1) is 11.8 Å². The number of carboxylic acids is 1. The second-order valence-electron chi connectivity index (χ2n) is 4.22. The summed E-state index contributed by atoms with van der Waals surface area (Å²) >= 11 is 1.52. The molecule has 0 aliphatic carbocycles. The molecule has 0 bridgehead atoms. The Morgan fingerprint density at radius 2 is 2.20 bits per heavy atom. The average molecular weight is 285 g/mol. The molecular weight excluding hydrogens is 274 g/mol. The molecule has 2 heterocycles. The average Bonchev–Trinajstić information content (AvgIpc) is 2.89. The van der Waals surface area contributed by atoms with Gasteiger partial charge in [0.1, 0.15) is 12.4 Å². The fourth-order valence-electron chi connectivity index (χ4n) is 2.03. The number of hydrogen-bond donors (Lipinski definition) is 1. The van der Waals surface area contributed by atoms with Crippen LogP contribution in [-0.4, -0.2) is 16.1 Å². The van der Waals surface area contributed by atoms with Crippen molar-refractivity contribution in [3.63, 3.8) is 0 Å². The molecular formula is C15H11NO3S. The van der Waals surface area contributed by atoms with Crippen LogP contribution in [0.1, 0.15) is 15.9 Å². The molecule has 0 saturated heterocycles. The van der Waals surface area contributed by atoms with E-state index in [4.69, 9.17) is 4.74 Å². The second kappa shape index (κ2) is 5.30. The van der Waals surface area contributed by atoms with E-state index in [0.717, 1.165) is 15.6 Å². The van der Waals surface area contributed by atoms with Crippen LogP contribution in [0.4, 0.5) is 0 Å². The molecule has 20 heavy (non-hydrogen) atoms. The number of carbonyl (C=O) groups is 1. The number of hydrogen-bond acceptors (Lipinski definition) is 4. The highest BCUT2D eigenvalue weighted by Gasteiger charge is 2.13. The summed E-state index contributed by atoms with van der Waals surface area (Å²) in [4.78, 5) is 15.3. The lowest BCUT2D eigenvalue weighted by molar-refractivity contribution is 0.0699. The van der Waals surface area contributed by atoms with E-state index >= 15 is 0 Å². The van der Waals surface area contributed by atoms with E-state index in [1.807, 2.05) is 17.5 Å². The van der Waals surface area contributed by atoms with Crippen LogP contribution in [0, 0.1) is 0 Å². The number of benzene rings is 1. The summed E-state index contributed by atoms with van der Waals surface area (Å²) in [5.41, 5.74) is 1.19. The summed E-state index contributed by atoms with van der Waals surface area (Å²) in [5.74, 6) is -0.253. The van der Waals surface area contributed by atoms with Crippen molar-refractivity contribution < 1.29 is 14.6 Å². The van der Waals surface area contributed by atoms with Crippen molar-refractivity contribution in [3.05, 3.63) is 59.2 Å². The first-order valence-corrected chi connectivity index (χ1v) is 6.89. The number of fused-ring (bicyclic) bond motifs is 1. The molecule has 5 heteroatoms. The third kappa shape index (κ3) is 2.35. The molecule has 3 rings (SSSR count). The molecule has 0 fully saturated rings. The number of nitrogens with zero attached hydrogens (tertiary/aromatic N) is 1. The molecule has 100 valence electrons. The molecule has 2 aromatic heterocycles. The Bertz CT molecular complexity index is 752. The van der Waals surface area contributed by atoms with Crippen LogP contribution in [0.5, 0.6) is 5.75 Å². The van der Waals surface area contributed by atoms with E-state index in [1.54, 1.807) is 30.6 Å². The Morgan fingerprint density at radius 3 is 2.95 bits per heavy atom. The summed E-state index contributed by atoms with van der Waals surface area (Å²) < 4.78 is 6.60. The maximum absolute atomic E-state index is 11.3. The molecule has 4 nitrogen and oxygen atoms in total. The first-order chi connectivity index (χ1) is 9.75. The van der Waals surface area contributed by atoms with Gasteiger partial charge in [0, 0.05) is 21.8 Å². The van der Waals surface area contributed by atoms with Gasteiger partial charge in [0.15, 0.2) is 0 Å². The summed E-state index contributed by atoms with van der Waals surface area (Å²) in [5, 5.41) is 12.0. The van der Waals surface area contributed by atoms with E-state index in [-0.39, 0.29) is 0 Å². The minimum atomic E-state index is -0.920. The molecule has 1 N–H and O–H groups in total. The predicted molar refractivity (Wildman–Crippen MR) is 77.4 cm³/mol. The lowest BCUT2D eigenvalue weighted by Gasteiger charge is -2.06. The van der Waals surface area contributed by atoms with Crippen molar-refractivity contribution in [2.24, 2.45) is 0 Å². The highest BCUT2D eigenvalue weighted by molar-refractivity contribution is 7.17. The van der Waals surface area contributed by atoms with Gasteiger partial charge in [-0.05, 0) is 29.6 Å². The molecule has 0 saturated carbocycles. The van der Waals surface area contributed by atoms with Crippen LogP contribution in [0.3, 0.4) is 0 Å². The van der Waals surface area contributed by atoms with Gasteiger partial charge in [0.25, 0.3) is 0 Å². The zero-order valence-corrected chi connectivity index (χ0v) is 11.3. The first kappa shape index (κ1) is 12.6. The van der Waals surface area contributed by atoms with E-state index in [1.165, 1.54) is 11.3 Å². The maximum Gasteiger partial charge on any atom is 0.336 e. The monoisotopic (exact) mass is 285 g/mol. The van der Waals surface area contributed by atoms with Crippen molar-refractivity contribution in [2.75, 3.05) is 0 Å². The lowest BCUT2D eigenvalue weighted by atomic mass is 10.1. The van der Waals surface area contributed by atoms with Gasteiger partial charge in [-0.15, -0.1) is 11.3 Å². The van der Waals surface area contributed by atoms with Gasteiger partial charge in [-0.2, -0.15) is 0 Å². The molecule has 3 aromatic rings. The minimum Gasteiger partial charge on any atom is -0.487 e. The lowest BCUT2D eigenvalue weighted by Crippen LogP contribution is -2.00. The van der Waals surface area contributed by atoms with E-state index in [0.29, 0.717) is 17.9 Å². The molecule has 1 aromatic carbocycles. The van der Waals surface area contributed by atoms with Gasteiger partial charge in [-0.1, -0.05) is 6.07 Å². The smallest absolute Gasteiger partial charge is 0.336 e. The number of ether oxygens (including phenoxy) is 1. The van der Waals surface area contributed by atoms with E-state index in [2.05, 4.69) is 4.98 Å². The van der Waals surface area contributed by atoms with Crippen molar-refractivity contribution >= 4 is 27.4 Å². The van der Waals surface area contributed by atoms with Crippen LogP contribution in [0.2, 0.25) is 0 Å². The highest BCUT2D eigenvalue weighted by Crippen LogP contribution is 2.30. The van der Waals surface area contributed by atoms with Crippen molar-refractivity contribution in [1.82, 2.24) is 4.98 Å². The molecule has 0 aliphatic heterocycles. The summed E-state index contributed by atoms with van der Waals surface area (Å²) in [6, 6.07) is 8.91. The number of aromatic nitrogens is 1. The maximum atomic E-state index is 11.3. The number of thiophene rings is 1. The molecule has 0 radical (unpaired) electrons. The standard InChI is InChI=1S/C15H11NO3S/c17-15(18)12-4-1-5-13-14(12)10(9-20-13)8-19-11-3-2-6-16-7-11/h1-7,9H,8H2,(H,17,18). The Labute approximate surface area is 119 Å². The second-order valence-corrected chi connectivity index (χ2v) is 5.13. The number of aromatic carboxylic acids is 1. The Morgan fingerprint density at radius 1 is 1.30 bits per heavy atom. The number of pyridine rings is 1. The van der Waals surface area contributed by atoms with Crippen LogP contribution in [-0.2, 0) is 6.61 Å². The third-order valence-corrected chi connectivity index (χ3v) is 3.93. The minimum absolute atomic E-state index is 0.313. The zero-order valence-electron chi connectivity index (χ0n) is 10.4. The zero-order chi connectivity index (χ0) is 13.9. The van der Waals surface area contributed by atoms with Crippen LogP contribution in [0.15, 0.2) is 48.1 Å². The van der Waals surface area contributed by atoms with Gasteiger partial charge in [-0.25, -0.2) is 4.79 Å². The summed E-state index contributed by atoms with van der Waals surface area (Å²) in [7, 11) is 0. The van der Waals surface area contributed by atoms with Crippen LogP contribution >= 0.6 is 11.3 Å². The topological polar surface area (TPSA) is 59.4 Å². The van der Waals surface area contributed by atoms with Crippen molar-refractivity contribution in [3.8, 4) is 5.75 Å². The third-order valence-electron chi connectivity index (χ3n) is 2.93. The Kier molecular flexibility index (Phi) is 3.35. The molecule has 0 atom stereocenters. The van der Waals surface area contributed by atoms with Gasteiger partial charge in [-0.3, -0.25) is 4.98 Å². The van der Waals surface area contributed by atoms with E-state index in [9.17, 15) is 9.90 Å². The highest BCUT2D eigenvalue weighted by atomic mass is 32.1. The quantitative estimate of drug-likeness (QED) is 0.796. The SMILES string of the molecule is O=C(O)c1cccc2scc(COc3cccnc3)c12. The largest absolute Gasteiger partial charge is 0.487 e. The fraction of sp³-hybridized carbons (Fsp3) is 0.0667. The molecule has 0 aliphatic rings. The normalized spacial score (nSPS) is 10.6. The predicted octanol–water partition coefficient (Wildman–Crippen LogP) is 3.57. The van der Waals surface area contributed by atoms with Crippen molar-refractivity contribution in [2.45, 2.75) is 6.61 Å². The Balaban J connectivity index is 1.94. The van der Waals surface area contributed by atoms with Crippen LogP contribution in [0.25, 0.3) is 10.1 Å². The first-order valence-electron chi connectivity index (χ1n) is 6.01. The van der Waals surface area contributed by atoms with Gasteiger partial charge in [0.2, 0.25) is 0 Å². The molecule has 0 amide bonds. The van der Waals surface area contributed by atoms with E-state index < -0.39 is 5.97 Å².